The molecule has 1 saturated carbocycles. The lowest BCUT2D eigenvalue weighted by Gasteiger charge is -2.26. The third-order valence-electron chi connectivity index (χ3n) is 3.18. The van der Waals surface area contributed by atoms with Crippen LogP contribution in [0.5, 0.6) is 0 Å². The first kappa shape index (κ1) is 11.6. The van der Waals surface area contributed by atoms with Gasteiger partial charge in [-0.1, -0.05) is 11.8 Å². The Labute approximate surface area is 96.5 Å². The van der Waals surface area contributed by atoms with E-state index in [0.717, 1.165) is 38.6 Å². The Bertz CT molecular complexity index is 277. The summed E-state index contributed by atoms with van der Waals surface area (Å²) in [5.74, 6) is 6.86. The summed E-state index contributed by atoms with van der Waals surface area (Å²) in [6, 6.07) is 0. The zero-order valence-corrected chi connectivity index (χ0v) is 9.48. The van der Waals surface area contributed by atoms with Gasteiger partial charge in [0.1, 0.15) is 12.9 Å². The largest absolute Gasteiger partial charge is 0.379 e. The molecule has 0 bridgehead atoms. The number of hydrogen-bond donors (Lipinski definition) is 0. The molecule has 1 atom stereocenters. The summed E-state index contributed by atoms with van der Waals surface area (Å²) in [5.41, 5.74) is 0. The van der Waals surface area contributed by atoms with Gasteiger partial charge < -0.3 is 14.3 Å². The van der Waals surface area contributed by atoms with Gasteiger partial charge in [0.15, 0.2) is 0 Å². The fourth-order valence-corrected chi connectivity index (χ4v) is 2.08. The van der Waals surface area contributed by atoms with E-state index >= 15 is 0 Å². The Morgan fingerprint density at radius 2 is 2.31 bits per heavy atom. The highest BCUT2D eigenvalue weighted by Crippen LogP contribution is 2.31. The Morgan fingerprint density at radius 1 is 1.44 bits per heavy atom. The van der Waals surface area contributed by atoms with Crippen LogP contribution in [-0.2, 0) is 14.3 Å². The number of carbonyl (C=O) groups is 1. The van der Waals surface area contributed by atoms with Crippen molar-refractivity contribution in [2.75, 3.05) is 19.8 Å². The van der Waals surface area contributed by atoms with Gasteiger partial charge in [-0.05, 0) is 25.7 Å². The van der Waals surface area contributed by atoms with Crippen LogP contribution < -0.4 is 0 Å². The zero-order valence-electron chi connectivity index (χ0n) is 9.48. The molecule has 0 aromatic heterocycles. The van der Waals surface area contributed by atoms with Crippen LogP contribution in [0.15, 0.2) is 0 Å². The van der Waals surface area contributed by atoms with E-state index in [9.17, 15) is 4.79 Å². The minimum Gasteiger partial charge on any atom is -0.379 e. The van der Waals surface area contributed by atoms with Crippen molar-refractivity contribution in [3.05, 3.63) is 0 Å². The van der Waals surface area contributed by atoms with E-state index in [1.165, 1.54) is 0 Å². The summed E-state index contributed by atoms with van der Waals surface area (Å²) in [6.45, 7) is 2.06. The molecule has 0 aromatic carbocycles. The van der Waals surface area contributed by atoms with Crippen LogP contribution in [-0.4, -0.2) is 32.2 Å². The van der Waals surface area contributed by atoms with Crippen molar-refractivity contribution in [1.82, 2.24) is 0 Å². The molecule has 2 fully saturated rings. The molecule has 2 rings (SSSR count). The summed E-state index contributed by atoms with van der Waals surface area (Å²) in [5, 5.41) is 0. The van der Waals surface area contributed by atoms with Gasteiger partial charge >= 0.3 is 0 Å². The van der Waals surface area contributed by atoms with Gasteiger partial charge in [-0.25, -0.2) is 0 Å². The molecule has 1 unspecified atom stereocenters. The second kappa shape index (κ2) is 6.03. The lowest BCUT2D eigenvalue weighted by atomic mass is 9.76. The molecule has 1 aliphatic carbocycles. The van der Waals surface area contributed by atoms with Crippen molar-refractivity contribution >= 4 is 6.29 Å². The molecule has 2 aliphatic rings. The zero-order chi connectivity index (χ0) is 11.2. The molecule has 0 amide bonds. The van der Waals surface area contributed by atoms with Crippen LogP contribution in [0.2, 0.25) is 0 Å². The van der Waals surface area contributed by atoms with E-state index in [-0.39, 0.29) is 12.0 Å². The van der Waals surface area contributed by atoms with Gasteiger partial charge in [-0.2, -0.15) is 0 Å². The quantitative estimate of drug-likeness (QED) is 0.535. The van der Waals surface area contributed by atoms with Crippen LogP contribution >= 0.6 is 0 Å². The maximum Gasteiger partial charge on any atom is 0.123 e. The average Bonchev–Trinajstić information content (AvgIpc) is 2.28. The smallest absolute Gasteiger partial charge is 0.123 e. The molecule has 3 heteroatoms. The van der Waals surface area contributed by atoms with Crippen molar-refractivity contribution in [1.29, 1.82) is 0 Å². The van der Waals surface area contributed by atoms with E-state index in [2.05, 4.69) is 11.8 Å². The third-order valence-corrected chi connectivity index (χ3v) is 3.18. The Balaban J connectivity index is 1.57. The lowest BCUT2D eigenvalue weighted by molar-refractivity contribution is -0.113. The molecule has 1 saturated heterocycles. The maximum absolute atomic E-state index is 10.4. The standard InChI is InChI=1S/C13H18O3/c14-9-12-7-11(8-12)3-1-6-16-13-4-2-5-15-10-13/h9,11-13H,2,4-8,10H2. The molecular weight excluding hydrogens is 204 g/mol. The van der Waals surface area contributed by atoms with Crippen molar-refractivity contribution in [3.63, 3.8) is 0 Å². The first-order valence-electron chi connectivity index (χ1n) is 6.01. The fourth-order valence-electron chi connectivity index (χ4n) is 2.08. The van der Waals surface area contributed by atoms with Crippen LogP contribution in [0.25, 0.3) is 0 Å². The van der Waals surface area contributed by atoms with Crippen molar-refractivity contribution < 1.29 is 14.3 Å². The van der Waals surface area contributed by atoms with Crippen LogP contribution in [0.4, 0.5) is 0 Å². The highest BCUT2D eigenvalue weighted by atomic mass is 16.5. The summed E-state index contributed by atoms with van der Waals surface area (Å²) >= 11 is 0. The molecule has 16 heavy (non-hydrogen) atoms. The second-order valence-corrected chi connectivity index (χ2v) is 4.54. The number of aldehydes is 1. The molecule has 3 nitrogen and oxygen atoms in total. The summed E-state index contributed by atoms with van der Waals surface area (Å²) in [4.78, 5) is 10.4. The predicted octanol–water partition coefficient (Wildman–Crippen LogP) is 1.41. The van der Waals surface area contributed by atoms with Crippen LogP contribution in [0, 0.1) is 23.7 Å². The Hall–Kier alpha value is -0.850. The molecule has 0 aromatic rings. The highest BCUT2D eigenvalue weighted by molar-refractivity contribution is 5.55. The number of rotatable bonds is 3. The first-order chi connectivity index (χ1) is 7.88. The lowest BCUT2D eigenvalue weighted by Crippen LogP contribution is -2.26. The second-order valence-electron chi connectivity index (χ2n) is 4.54. The van der Waals surface area contributed by atoms with Gasteiger partial charge in [0.05, 0.1) is 12.7 Å². The van der Waals surface area contributed by atoms with E-state index in [1.807, 2.05) is 0 Å². The normalized spacial score (nSPS) is 33.4. The van der Waals surface area contributed by atoms with Crippen LogP contribution in [0.3, 0.4) is 0 Å². The minimum atomic E-state index is 0.229. The van der Waals surface area contributed by atoms with Crippen molar-refractivity contribution in [2.24, 2.45) is 11.8 Å². The van der Waals surface area contributed by atoms with Gasteiger partial charge in [-0.3, -0.25) is 0 Å². The monoisotopic (exact) mass is 222 g/mol. The van der Waals surface area contributed by atoms with E-state index in [0.29, 0.717) is 19.1 Å². The fraction of sp³-hybridized carbons (Fsp3) is 0.769. The highest BCUT2D eigenvalue weighted by Gasteiger charge is 2.26. The molecule has 0 N–H and O–H groups in total. The van der Waals surface area contributed by atoms with Crippen molar-refractivity contribution in [2.45, 2.75) is 31.8 Å². The average molecular weight is 222 g/mol. The third kappa shape index (κ3) is 3.33. The van der Waals surface area contributed by atoms with Gasteiger partial charge in [0.25, 0.3) is 0 Å². The minimum absolute atomic E-state index is 0.229. The summed E-state index contributed by atoms with van der Waals surface area (Å²) < 4.78 is 10.9. The molecule has 1 heterocycles. The van der Waals surface area contributed by atoms with E-state index in [1.54, 1.807) is 0 Å². The number of hydrogen-bond acceptors (Lipinski definition) is 3. The number of carbonyl (C=O) groups excluding carboxylic acids is 1. The number of ether oxygens (including phenoxy) is 2. The molecule has 0 radical (unpaired) electrons. The Morgan fingerprint density at radius 3 is 3.00 bits per heavy atom. The van der Waals surface area contributed by atoms with E-state index < -0.39 is 0 Å². The van der Waals surface area contributed by atoms with Crippen LogP contribution in [0.1, 0.15) is 25.7 Å². The molecule has 1 aliphatic heterocycles. The maximum atomic E-state index is 10.4. The SMILES string of the molecule is O=CC1CC(C#CCOC2CCCOC2)C1. The van der Waals surface area contributed by atoms with Gasteiger partial charge in [-0.15, -0.1) is 0 Å². The van der Waals surface area contributed by atoms with Crippen molar-refractivity contribution in [3.8, 4) is 11.8 Å². The molecule has 88 valence electrons. The van der Waals surface area contributed by atoms with Gasteiger partial charge in [0.2, 0.25) is 0 Å². The van der Waals surface area contributed by atoms with Gasteiger partial charge in [0, 0.05) is 18.4 Å². The van der Waals surface area contributed by atoms with E-state index in [4.69, 9.17) is 9.47 Å². The topological polar surface area (TPSA) is 35.5 Å². The first-order valence-corrected chi connectivity index (χ1v) is 6.01. The summed E-state index contributed by atoms with van der Waals surface area (Å²) in [7, 11) is 0. The summed E-state index contributed by atoms with van der Waals surface area (Å²) in [6.07, 6.45) is 5.30. The predicted molar refractivity (Wildman–Crippen MR) is 59.8 cm³/mol. The Kier molecular flexibility index (Phi) is 4.38. The molecule has 0 spiro atoms. The molecular formula is C13H18O3.